The molecule has 1 saturated heterocycles. The van der Waals surface area contributed by atoms with Gasteiger partial charge in [-0.05, 0) is 42.9 Å². The maximum absolute atomic E-state index is 12.5. The van der Waals surface area contributed by atoms with E-state index >= 15 is 0 Å². The topological polar surface area (TPSA) is 29.5 Å². The third-order valence-electron chi connectivity index (χ3n) is 3.81. The first kappa shape index (κ1) is 13.9. The van der Waals surface area contributed by atoms with E-state index in [1.54, 1.807) is 7.11 Å². The molecule has 1 aliphatic heterocycles. The summed E-state index contributed by atoms with van der Waals surface area (Å²) >= 11 is 0. The number of piperidine rings is 1. The number of benzene rings is 1. The molecule has 2 rings (SSSR count). The van der Waals surface area contributed by atoms with Gasteiger partial charge in [0.25, 0.3) is 5.91 Å². The highest BCUT2D eigenvalue weighted by Crippen LogP contribution is 2.24. The lowest BCUT2D eigenvalue weighted by atomic mass is 9.91. The van der Waals surface area contributed by atoms with E-state index in [4.69, 9.17) is 4.74 Å². The molecule has 0 aromatic heterocycles. The van der Waals surface area contributed by atoms with Crippen LogP contribution in [-0.2, 0) is 0 Å². The van der Waals surface area contributed by atoms with E-state index in [9.17, 15) is 4.79 Å². The highest BCUT2D eigenvalue weighted by molar-refractivity contribution is 5.94. The summed E-state index contributed by atoms with van der Waals surface area (Å²) in [6.45, 7) is 8.13. The van der Waals surface area contributed by atoms with Crippen molar-refractivity contribution < 1.29 is 9.53 Å². The van der Waals surface area contributed by atoms with Gasteiger partial charge in [-0.1, -0.05) is 19.9 Å². The Hall–Kier alpha value is -1.51. The Morgan fingerprint density at radius 2 is 1.89 bits per heavy atom. The first-order valence-electron chi connectivity index (χ1n) is 6.95. The highest BCUT2D eigenvalue weighted by atomic mass is 16.5. The second-order valence-corrected chi connectivity index (χ2v) is 5.84. The van der Waals surface area contributed by atoms with Crippen LogP contribution in [0.1, 0.15) is 36.2 Å². The second kappa shape index (κ2) is 5.64. The van der Waals surface area contributed by atoms with Gasteiger partial charge in [-0.25, -0.2) is 0 Å². The molecule has 0 aliphatic carbocycles. The first-order valence-corrected chi connectivity index (χ1v) is 6.95. The van der Waals surface area contributed by atoms with Gasteiger partial charge in [0.15, 0.2) is 0 Å². The molecular formula is C16H23NO2. The molecule has 104 valence electrons. The van der Waals surface area contributed by atoms with E-state index in [2.05, 4.69) is 13.8 Å². The van der Waals surface area contributed by atoms with Crippen molar-refractivity contribution in [2.75, 3.05) is 20.2 Å². The molecule has 0 spiro atoms. The average molecular weight is 261 g/mol. The molecule has 3 nitrogen and oxygen atoms in total. The molecule has 0 radical (unpaired) electrons. The van der Waals surface area contributed by atoms with Crippen LogP contribution in [0.25, 0.3) is 0 Å². The van der Waals surface area contributed by atoms with Crippen molar-refractivity contribution in [3.8, 4) is 5.75 Å². The monoisotopic (exact) mass is 261 g/mol. The first-order chi connectivity index (χ1) is 9.01. The minimum atomic E-state index is 0.122. The van der Waals surface area contributed by atoms with E-state index < -0.39 is 0 Å². The Morgan fingerprint density at radius 1 is 1.26 bits per heavy atom. The highest BCUT2D eigenvalue weighted by Gasteiger charge is 2.26. The Bertz CT molecular complexity index is 460. The molecule has 2 unspecified atom stereocenters. The summed E-state index contributed by atoms with van der Waals surface area (Å²) in [4.78, 5) is 14.5. The Morgan fingerprint density at radius 3 is 2.47 bits per heavy atom. The normalized spacial score (nSPS) is 23.3. The van der Waals surface area contributed by atoms with Crippen LogP contribution in [0, 0.1) is 18.8 Å². The van der Waals surface area contributed by atoms with Crippen molar-refractivity contribution in [3.63, 3.8) is 0 Å². The van der Waals surface area contributed by atoms with Gasteiger partial charge in [0.05, 0.1) is 7.11 Å². The van der Waals surface area contributed by atoms with Crippen LogP contribution in [0.4, 0.5) is 0 Å². The third-order valence-corrected chi connectivity index (χ3v) is 3.81. The van der Waals surface area contributed by atoms with Crippen LogP contribution in [0.3, 0.4) is 0 Å². The predicted octanol–water partition coefficient (Wildman–Crippen LogP) is 3.12. The molecule has 2 atom stereocenters. The van der Waals surface area contributed by atoms with Crippen molar-refractivity contribution in [1.29, 1.82) is 0 Å². The summed E-state index contributed by atoms with van der Waals surface area (Å²) in [6.07, 6.45) is 1.21. The molecule has 3 heteroatoms. The minimum Gasteiger partial charge on any atom is -0.496 e. The molecule has 1 aliphatic rings. The van der Waals surface area contributed by atoms with E-state index in [1.165, 1.54) is 6.42 Å². The van der Waals surface area contributed by atoms with Crippen LogP contribution in [-0.4, -0.2) is 31.0 Å². The number of methoxy groups -OCH3 is 1. The second-order valence-electron chi connectivity index (χ2n) is 5.84. The maximum Gasteiger partial charge on any atom is 0.254 e. The molecular weight excluding hydrogens is 238 g/mol. The largest absolute Gasteiger partial charge is 0.496 e. The average Bonchev–Trinajstić information content (AvgIpc) is 2.37. The number of ether oxygens (including phenoxy) is 1. The van der Waals surface area contributed by atoms with Crippen LogP contribution < -0.4 is 4.74 Å². The number of amides is 1. The predicted molar refractivity (Wildman–Crippen MR) is 76.6 cm³/mol. The molecule has 0 N–H and O–H groups in total. The molecule has 0 bridgehead atoms. The van der Waals surface area contributed by atoms with Gasteiger partial charge in [-0.15, -0.1) is 0 Å². The Balaban J connectivity index is 2.19. The fourth-order valence-electron chi connectivity index (χ4n) is 2.96. The van der Waals surface area contributed by atoms with Gasteiger partial charge in [0, 0.05) is 18.7 Å². The van der Waals surface area contributed by atoms with Gasteiger partial charge in [0.2, 0.25) is 0 Å². The molecule has 1 fully saturated rings. The van der Waals surface area contributed by atoms with Crippen molar-refractivity contribution in [1.82, 2.24) is 4.90 Å². The van der Waals surface area contributed by atoms with Gasteiger partial charge < -0.3 is 9.64 Å². The molecule has 1 heterocycles. The van der Waals surface area contributed by atoms with Crippen LogP contribution in [0.5, 0.6) is 5.75 Å². The Labute approximate surface area is 115 Å². The zero-order valence-electron chi connectivity index (χ0n) is 12.3. The van der Waals surface area contributed by atoms with E-state index in [1.807, 2.05) is 30.0 Å². The van der Waals surface area contributed by atoms with E-state index in [0.29, 0.717) is 11.8 Å². The lowest BCUT2D eigenvalue weighted by Gasteiger charge is -2.35. The van der Waals surface area contributed by atoms with Crippen molar-refractivity contribution in [3.05, 3.63) is 29.3 Å². The van der Waals surface area contributed by atoms with Crippen molar-refractivity contribution >= 4 is 5.91 Å². The fraction of sp³-hybridized carbons (Fsp3) is 0.562. The van der Waals surface area contributed by atoms with Gasteiger partial charge in [0.1, 0.15) is 5.75 Å². The summed E-state index contributed by atoms with van der Waals surface area (Å²) in [5.74, 6) is 2.07. The molecule has 1 aromatic carbocycles. The molecule has 1 amide bonds. The molecule has 19 heavy (non-hydrogen) atoms. The summed E-state index contributed by atoms with van der Waals surface area (Å²) < 4.78 is 5.29. The maximum atomic E-state index is 12.5. The zero-order valence-corrected chi connectivity index (χ0v) is 12.3. The summed E-state index contributed by atoms with van der Waals surface area (Å²) in [5, 5.41) is 0. The van der Waals surface area contributed by atoms with Crippen LogP contribution in [0.2, 0.25) is 0 Å². The quantitative estimate of drug-likeness (QED) is 0.818. The summed E-state index contributed by atoms with van der Waals surface area (Å²) in [7, 11) is 1.64. The summed E-state index contributed by atoms with van der Waals surface area (Å²) in [6, 6.07) is 5.69. The summed E-state index contributed by atoms with van der Waals surface area (Å²) in [5.41, 5.74) is 1.78. The number of likely N-dealkylation sites (tertiary alicyclic amines) is 1. The van der Waals surface area contributed by atoms with Crippen LogP contribution in [0.15, 0.2) is 18.2 Å². The zero-order chi connectivity index (χ0) is 14.0. The third kappa shape index (κ3) is 3.09. The fourth-order valence-corrected chi connectivity index (χ4v) is 2.96. The number of hydrogen-bond acceptors (Lipinski definition) is 2. The molecule has 0 saturated carbocycles. The van der Waals surface area contributed by atoms with E-state index in [-0.39, 0.29) is 5.91 Å². The van der Waals surface area contributed by atoms with Gasteiger partial charge >= 0.3 is 0 Å². The van der Waals surface area contributed by atoms with E-state index in [0.717, 1.165) is 30.0 Å². The number of nitrogens with zero attached hydrogens (tertiary/aromatic N) is 1. The number of carbonyl (C=O) groups is 1. The number of carbonyl (C=O) groups excluding carboxylic acids is 1. The van der Waals surface area contributed by atoms with Gasteiger partial charge in [-0.3, -0.25) is 4.79 Å². The lowest BCUT2D eigenvalue weighted by Crippen LogP contribution is -2.42. The molecule has 1 aromatic rings. The minimum absolute atomic E-state index is 0.122. The number of hydrogen-bond donors (Lipinski definition) is 0. The van der Waals surface area contributed by atoms with Crippen molar-refractivity contribution in [2.24, 2.45) is 11.8 Å². The number of aryl methyl sites for hydroxylation is 1. The SMILES string of the molecule is COc1cc(C(=O)N2CC(C)CC(C)C2)ccc1C. The standard InChI is InChI=1S/C16H23NO2/c1-11-7-12(2)10-17(9-11)16(18)14-6-5-13(3)15(8-14)19-4/h5-6,8,11-12H,7,9-10H2,1-4H3. The van der Waals surface area contributed by atoms with Gasteiger partial charge in [-0.2, -0.15) is 0 Å². The van der Waals surface area contributed by atoms with Crippen molar-refractivity contribution in [2.45, 2.75) is 27.2 Å². The number of rotatable bonds is 2. The Kier molecular flexibility index (Phi) is 4.13. The smallest absolute Gasteiger partial charge is 0.254 e. The van der Waals surface area contributed by atoms with Crippen LogP contribution >= 0.6 is 0 Å². The lowest BCUT2D eigenvalue weighted by molar-refractivity contribution is 0.0623.